The van der Waals surface area contributed by atoms with Gasteiger partial charge in [-0.05, 0) is 78.0 Å². The second kappa shape index (κ2) is 8.21. The van der Waals surface area contributed by atoms with Crippen molar-refractivity contribution in [1.29, 1.82) is 0 Å². The zero-order valence-corrected chi connectivity index (χ0v) is 16.8. The van der Waals surface area contributed by atoms with Gasteiger partial charge in [0, 0.05) is 21.4 Å². The van der Waals surface area contributed by atoms with Crippen molar-refractivity contribution in [3.8, 4) is 11.1 Å². The van der Waals surface area contributed by atoms with E-state index in [1.165, 1.54) is 16.7 Å². The summed E-state index contributed by atoms with van der Waals surface area (Å²) in [6.45, 7) is 8.21. The molecule has 130 valence electrons. The second-order valence-corrected chi connectivity index (χ2v) is 7.24. The number of nitrogen functional groups attached to an aromatic ring is 2. The highest BCUT2D eigenvalue weighted by Gasteiger charge is 2.05. The predicted octanol–water partition coefficient (Wildman–Crippen LogP) is 6.20. The number of rotatable bonds is 1. The van der Waals surface area contributed by atoms with Gasteiger partial charge in [0.2, 0.25) is 0 Å². The van der Waals surface area contributed by atoms with Gasteiger partial charge in [-0.2, -0.15) is 0 Å². The summed E-state index contributed by atoms with van der Waals surface area (Å²) in [7, 11) is 0. The van der Waals surface area contributed by atoms with E-state index in [2.05, 4.69) is 67.0 Å². The summed E-state index contributed by atoms with van der Waals surface area (Å²) >= 11 is 3.37. The van der Waals surface area contributed by atoms with Gasteiger partial charge in [0.05, 0.1) is 0 Å². The van der Waals surface area contributed by atoms with Crippen LogP contribution in [-0.4, -0.2) is 0 Å². The summed E-state index contributed by atoms with van der Waals surface area (Å²) in [5, 5.41) is 0. The monoisotopic (exact) mass is 396 g/mol. The van der Waals surface area contributed by atoms with Gasteiger partial charge in [0.1, 0.15) is 0 Å². The summed E-state index contributed by atoms with van der Waals surface area (Å²) in [5.41, 5.74) is 20.6. The lowest BCUT2D eigenvalue weighted by Crippen LogP contribution is -1.94. The fourth-order valence-electron chi connectivity index (χ4n) is 2.76. The standard InChI is InChI=1S/C14H15N.C8H10BrN/c1-10-8-11(2)14(15)13(9-10)12-6-4-3-5-7-12;1-5-3-6(2)8(10)7(9)4-5/h3-9H,15H2,1-2H3;3-4H,10H2,1-2H3. The van der Waals surface area contributed by atoms with E-state index in [1.54, 1.807) is 0 Å². The van der Waals surface area contributed by atoms with Gasteiger partial charge in [0.15, 0.2) is 0 Å². The van der Waals surface area contributed by atoms with Crippen LogP contribution < -0.4 is 11.5 Å². The Balaban J connectivity index is 0.000000196. The third-order valence-electron chi connectivity index (χ3n) is 4.10. The highest BCUT2D eigenvalue weighted by atomic mass is 79.9. The summed E-state index contributed by atoms with van der Waals surface area (Å²) in [6, 6.07) is 18.6. The molecule has 0 aliphatic carbocycles. The van der Waals surface area contributed by atoms with Crippen molar-refractivity contribution < 1.29 is 0 Å². The summed E-state index contributed by atoms with van der Waals surface area (Å²) in [6.07, 6.45) is 0. The van der Waals surface area contributed by atoms with E-state index in [1.807, 2.05) is 31.2 Å². The Morgan fingerprint density at radius 1 is 0.680 bits per heavy atom. The largest absolute Gasteiger partial charge is 0.398 e. The number of aryl methyl sites for hydroxylation is 4. The molecule has 0 spiro atoms. The Morgan fingerprint density at radius 2 is 1.20 bits per heavy atom. The smallest absolute Gasteiger partial charge is 0.0488 e. The average molecular weight is 397 g/mol. The van der Waals surface area contributed by atoms with Crippen molar-refractivity contribution in [2.75, 3.05) is 11.5 Å². The Hall–Kier alpha value is -2.26. The van der Waals surface area contributed by atoms with E-state index in [9.17, 15) is 0 Å². The number of halogens is 1. The fourth-order valence-corrected chi connectivity index (χ4v) is 3.44. The molecule has 0 amide bonds. The molecule has 0 unspecified atom stereocenters. The maximum atomic E-state index is 6.08. The van der Waals surface area contributed by atoms with Gasteiger partial charge in [-0.25, -0.2) is 0 Å². The molecule has 0 fully saturated rings. The highest BCUT2D eigenvalue weighted by Crippen LogP contribution is 2.29. The van der Waals surface area contributed by atoms with Gasteiger partial charge >= 0.3 is 0 Å². The minimum atomic E-state index is 0.839. The molecular weight excluding hydrogens is 372 g/mol. The van der Waals surface area contributed by atoms with Crippen LogP contribution in [0.25, 0.3) is 11.1 Å². The quantitative estimate of drug-likeness (QED) is 0.480. The third kappa shape index (κ3) is 4.86. The summed E-state index contributed by atoms with van der Waals surface area (Å²) in [5.74, 6) is 0. The third-order valence-corrected chi connectivity index (χ3v) is 4.75. The Bertz CT molecular complexity index is 848. The SMILES string of the molecule is Cc1cc(C)c(N)c(-c2ccccc2)c1.Cc1cc(C)c(N)c(Br)c1. The number of nitrogens with two attached hydrogens (primary N) is 2. The first-order valence-corrected chi connectivity index (χ1v) is 9.03. The van der Waals surface area contributed by atoms with E-state index in [-0.39, 0.29) is 0 Å². The van der Waals surface area contributed by atoms with Gasteiger partial charge in [-0.3, -0.25) is 0 Å². The predicted molar refractivity (Wildman–Crippen MR) is 114 cm³/mol. The molecular formula is C22H25BrN2. The molecule has 2 nitrogen and oxygen atoms in total. The van der Waals surface area contributed by atoms with Gasteiger partial charge in [0.25, 0.3) is 0 Å². The molecule has 0 aromatic heterocycles. The molecule has 0 aliphatic rings. The van der Waals surface area contributed by atoms with E-state index in [0.717, 1.165) is 32.5 Å². The molecule has 0 saturated heterocycles. The van der Waals surface area contributed by atoms with Gasteiger partial charge in [-0.15, -0.1) is 0 Å². The van der Waals surface area contributed by atoms with Crippen LogP contribution >= 0.6 is 15.9 Å². The fraction of sp³-hybridized carbons (Fsp3) is 0.182. The van der Waals surface area contributed by atoms with Crippen LogP contribution in [0.3, 0.4) is 0 Å². The molecule has 0 aliphatic heterocycles. The van der Waals surface area contributed by atoms with E-state index < -0.39 is 0 Å². The van der Waals surface area contributed by atoms with Crippen LogP contribution in [0, 0.1) is 27.7 Å². The lowest BCUT2D eigenvalue weighted by atomic mass is 9.98. The normalized spacial score (nSPS) is 10.1. The Kier molecular flexibility index (Phi) is 6.27. The van der Waals surface area contributed by atoms with Crippen molar-refractivity contribution in [2.24, 2.45) is 0 Å². The molecule has 0 saturated carbocycles. The van der Waals surface area contributed by atoms with Crippen LogP contribution in [0.15, 0.2) is 59.1 Å². The molecule has 25 heavy (non-hydrogen) atoms. The van der Waals surface area contributed by atoms with Gasteiger partial charge in [-0.1, -0.05) is 48.0 Å². The van der Waals surface area contributed by atoms with Crippen LogP contribution in [0.4, 0.5) is 11.4 Å². The zero-order valence-electron chi connectivity index (χ0n) is 15.2. The van der Waals surface area contributed by atoms with Crippen molar-refractivity contribution in [3.05, 3.63) is 81.3 Å². The minimum Gasteiger partial charge on any atom is -0.398 e. The first-order valence-electron chi connectivity index (χ1n) is 8.24. The number of benzene rings is 3. The van der Waals surface area contributed by atoms with E-state index >= 15 is 0 Å². The van der Waals surface area contributed by atoms with Crippen LogP contribution in [0.2, 0.25) is 0 Å². The molecule has 0 atom stereocenters. The molecule has 0 heterocycles. The zero-order chi connectivity index (χ0) is 18.6. The summed E-state index contributed by atoms with van der Waals surface area (Å²) in [4.78, 5) is 0. The number of hydrogen-bond acceptors (Lipinski definition) is 2. The maximum Gasteiger partial charge on any atom is 0.0488 e. The lowest BCUT2D eigenvalue weighted by molar-refractivity contribution is 1.37. The highest BCUT2D eigenvalue weighted by molar-refractivity contribution is 9.10. The Labute approximate surface area is 159 Å². The average Bonchev–Trinajstić information content (AvgIpc) is 2.57. The van der Waals surface area contributed by atoms with Gasteiger partial charge < -0.3 is 11.5 Å². The minimum absolute atomic E-state index is 0.839. The molecule has 3 heteroatoms. The second-order valence-electron chi connectivity index (χ2n) is 6.39. The van der Waals surface area contributed by atoms with Crippen LogP contribution in [0.5, 0.6) is 0 Å². The van der Waals surface area contributed by atoms with E-state index in [0.29, 0.717) is 0 Å². The Morgan fingerprint density at radius 3 is 1.76 bits per heavy atom. The van der Waals surface area contributed by atoms with Crippen LogP contribution in [-0.2, 0) is 0 Å². The maximum absolute atomic E-state index is 6.08. The first kappa shape index (κ1) is 19.1. The van der Waals surface area contributed by atoms with Crippen molar-refractivity contribution in [2.45, 2.75) is 27.7 Å². The molecule has 3 aromatic carbocycles. The lowest BCUT2D eigenvalue weighted by Gasteiger charge is -2.10. The molecule has 4 N–H and O–H groups in total. The van der Waals surface area contributed by atoms with E-state index in [4.69, 9.17) is 11.5 Å². The molecule has 0 radical (unpaired) electrons. The van der Waals surface area contributed by atoms with Crippen LogP contribution in [0.1, 0.15) is 22.3 Å². The molecule has 3 aromatic rings. The summed E-state index contributed by atoms with van der Waals surface area (Å²) < 4.78 is 0.991. The van der Waals surface area contributed by atoms with Crippen molar-refractivity contribution >= 4 is 27.3 Å². The topological polar surface area (TPSA) is 52.0 Å². The number of hydrogen-bond donors (Lipinski definition) is 2. The molecule has 3 rings (SSSR count). The van der Waals surface area contributed by atoms with Crippen molar-refractivity contribution in [1.82, 2.24) is 0 Å². The number of anilines is 2. The van der Waals surface area contributed by atoms with Crippen molar-refractivity contribution in [3.63, 3.8) is 0 Å². The first-order chi connectivity index (χ1) is 11.8. The molecule has 0 bridgehead atoms.